The van der Waals surface area contributed by atoms with Crippen molar-refractivity contribution in [3.8, 4) is 0 Å². The van der Waals surface area contributed by atoms with E-state index in [2.05, 4.69) is 12.2 Å². The number of likely N-dealkylation sites (tertiary alicyclic amines) is 1. The van der Waals surface area contributed by atoms with Crippen molar-refractivity contribution in [2.75, 3.05) is 26.7 Å². The van der Waals surface area contributed by atoms with Gasteiger partial charge in [0.05, 0.1) is 12.0 Å². The topological polar surface area (TPSA) is 41.6 Å². The molecule has 1 amide bonds. The molecular weight excluding hydrogens is 216 g/mol. The summed E-state index contributed by atoms with van der Waals surface area (Å²) in [5, 5.41) is 3.28. The molecule has 2 heterocycles. The van der Waals surface area contributed by atoms with Gasteiger partial charge in [-0.05, 0) is 32.7 Å². The summed E-state index contributed by atoms with van der Waals surface area (Å²) < 4.78 is 5.62. The van der Waals surface area contributed by atoms with E-state index in [4.69, 9.17) is 4.74 Å². The fourth-order valence-corrected chi connectivity index (χ4v) is 2.98. The molecule has 0 aromatic heterocycles. The van der Waals surface area contributed by atoms with E-state index in [1.165, 1.54) is 6.42 Å². The fourth-order valence-electron chi connectivity index (χ4n) is 2.98. The largest absolute Gasteiger partial charge is 0.377 e. The highest BCUT2D eigenvalue weighted by atomic mass is 16.5. The van der Waals surface area contributed by atoms with Crippen LogP contribution >= 0.6 is 0 Å². The third kappa shape index (κ3) is 2.80. The summed E-state index contributed by atoms with van der Waals surface area (Å²) in [5.74, 6) is 0.421. The van der Waals surface area contributed by atoms with Crippen molar-refractivity contribution < 1.29 is 9.53 Å². The van der Waals surface area contributed by atoms with E-state index in [1.54, 1.807) is 0 Å². The monoisotopic (exact) mass is 240 g/mol. The summed E-state index contributed by atoms with van der Waals surface area (Å²) in [5.41, 5.74) is 0. The number of amides is 1. The number of carbonyl (C=O) groups is 1. The second-order valence-corrected chi connectivity index (χ2v) is 5.12. The first-order valence-electron chi connectivity index (χ1n) is 6.84. The van der Waals surface area contributed by atoms with Crippen molar-refractivity contribution in [1.29, 1.82) is 0 Å². The van der Waals surface area contributed by atoms with Gasteiger partial charge in [-0.25, -0.2) is 0 Å². The van der Waals surface area contributed by atoms with Gasteiger partial charge in [-0.15, -0.1) is 0 Å². The SMILES string of the molecule is CCC1OCCC1C(=O)N1CCCC(NC)C1. The highest BCUT2D eigenvalue weighted by molar-refractivity contribution is 5.79. The zero-order valence-electron chi connectivity index (χ0n) is 10.9. The van der Waals surface area contributed by atoms with Crippen LogP contribution in [0.25, 0.3) is 0 Å². The van der Waals surface area contributed by atoms with Crippen molar-refractivity contribution >= 4 is 5.91 Å². The van der Waals surface area contributed by atoms with Crippen molar-refractivity contribution in [1.82, 2.24) is 10.2 Å². The Morgan fingerprint density at radius 1 is 1.47 bits per heavy atom. The Kier molecular flexibility index (Phi) is 4.40. The van der Waals surface area contributed by atoms with Crippen LogP contribution in [-0.2, 0) is 9.53 Å². The summed E-state index contributed by atoms with van der Waals surface area (Å²) >= 11 is 0. The molecule has 0 bridgehead atoms. The molecule has 17 heavy (non-hydrogen) atoms. The molecule has 3 atom stereocenters. The average molecular weight is 240 g/mol. The lowest BCUT2D eigenvalue weighted by atomic mass is 9.96. The normalized spacial score (nSPS) is 34.0. The molecule has 2 aliphatic rings. The Morgan fingerprint density at radius 2 is 2.29 bits per heavy atom. The fraction of sp³-hybridized carbons (Fsp3) is 0.923. The van der Waals surface area contributed by atoms with Gasteiger partial charge in [0, 0.05) is 25.7 Å². The Hall–Kier alpha value is -0.610. The van der Waals surface area contributed by atoms with Gasteiger partial charge in [0.2, 0.25) is 5.91 Å². The van der Waals surface area contributed by atoms with Crippen LogP contribution in [0, 0.1) is 5.92 Å². The zero-order valence-corrected chi connectivity index (χ0v) is 10.9. The molecule has 0 aliphatic carbocycles. The van der Waals surface area contributed by atoms with Crippen molar-refractivity contribution in [2.24, 2.45) is 5.92 Å². The first-order chi connectivity index (χ1) is 8.26. The molecule has 2 aliphatic heterocycles. The minimum atomic E-state index is 0.107. The van der Waals surface area contributed by atoms with Gasteiger partial charge in [-0.1, -0.05) is 6.92 Å². The van der Waals surface area contributed by atoms with Crippen LogP contribution in [0.4, 0.5) is 0 Å². The summed E-state index contributed by atoms with van der Waals surface area (Å²) in [6.45, 7) is 4.63. The lowest BCUT2D eigenvalue weighted by Gasteiger charge is -2.34. The molecule has 2 rings (SSSR count). The molecule has 0 aromatic carbocycles. The quantitative estimate of drug-likeness (QED) is 0.800. The van der Waals surface area contributed by atoms with Crippen LogP contribution < -0.4 is 5.32 Å². The summed E-state index contributed by atoms with van der Waals surface area (Å²) in [7, 11) is 1.98. The minimum Gasteiger partial charge on any atom is -0.377 e. The molecule has 0 aromatic rings. The highest BCUT2D eigenvalue weighted by Gasteiger charge is 2.36. The first-order valence-corrected chi connectivity index (χ1v) is 6.84. The number of likely N-dealkylation sites (N-methyl/N-ethyl adjacent to an activating group) is 1. The van der Waals surface area contributed by atoms with E-state index in [0.29, 0.717) is 11.9 Å². The van der Waals surface area contributed by atoms with Gasteiger partial charge in [0.15, 0.2) is 0 Å². The molecule has 0 spiro atoms. The number of nitrogens with one attached hydrogen (secondary N) is 1. The maximum atomic E-state index is 12.4. The Morgan fingerprint density at radius 3 is 3.00 bits per heavy atom. The predicted molar refractivity (Wildman–Crippen MR) is 66.8 cm³/mol. The van der Waals surface area contributed by atoms with E-state index in [9.17, 15) is 4.79 Å². The Labute approximate surface area is 104 Å². The lowest BCUT2D eigenvalue weighted by Crippen LogP contribution is -2.49. The van der Waals surface area contributed by atoms with Crippen molar-refractivity contribution in [3.05, 3.63) is 0 Å². The molecule has 2 fully saturated rings. The van der Waals surface area contributed by atoms with E-state index in [1.807, 2.05) is 11.9 Å². The van der Waals surface area contributed by atoms with Crippen LogP contribution in [0.5, 0.6) is 0 Å². The Balaban J connectivity index is 1.94. The van der Waals surface area contributed by atoms with Crippen LogP contribution in [-0.4, -0.2) is 49.7 Å². The van der Waals surface area contributed by atoms with Crippen LogP contribution in [0.3, 0.4) is 0 Å². The molecule has 0 radical (unpaired) electrons. The number of carbonyl (C=O) groups excluding carboxylic acids is 1. The van der Waals surface area contributed by atoms with Crippen molar-refractivity contribution in [3.63, 3.8) is 0 Å². The second-order valence-electron chi connectivity index (χ2n) is 5.12. The number of hydrogen-bond acceptors (Lipinski definition) is 3. The summed E-state index contributed by atoms with van der Waals surface area (Å²) in [6.07, 6.45) is 4.29. The van der Waals surface area contributed by atoms with E-state index < -0.39 is 0 Å². The van der Waals surface area contributed by atoms with Crippen LogP contribution in [0.1, 0.15) is 32.6 Å². The number of ether oxygens (including phenoxy) is 1. The van der Waals surface area contributed by atoms with Crippen LogP contribution in [0.2, 0.25) is 0 Å². The van der Waals surface area contributed by atoms with Gasteiger partial charge in [-0.2, -0.15) is 0 Å². The van der Waals surface area contributed by atoms with Crippen molar-refractivity contribution in [2.45, 2.75) is 44.8 Å². The molecule has 1 N–H and O–H groups in total. The zero-order chi connectivity index (χ0) is 12.3. The Bertz CT molecular complexity index is 270. The standard InChI is InChI=1S/C13H24N2O2/c1-3-12-11(6-8-17-12)13(16)15-7-4-5-10(9-15)14-2/h10-12,14H,3-9H2,1-2H3. The van der Waals surface area contributed by atoms with Gasteiger partial charge in [0.25, 0.3) is 0 Å². The number of piperidine rings is 1. The number of rotatable bonds is 3. The minimum absolute atomic E-state index is 0.107. The number of hydrogen-bond donors (Lipinski definition) is 1. The highest BCUT2D eigenvalue weighted by Crippen LogP contribution is 2.26. The van der Waals surface area contributed by atoms with Gasteiger partial charge in [0.1, 0.15) is 0 Å². The van der Waals surface area contributed by atoms with Gasteiger partial charge < -0.3 is 15.0 Å². The van der Waals surface area contributed by atoms with Gasteiger partial charge >= 0.3 is 0 Å². The molecular formula is C13H24N2O2. The maximum Gasteiger partial charge on any atom is 0.228 e. The second kappa shape index (κ2) is 5.83. The molecule has 4 nitrogen and oxygen atoms in total. The number of nitrogens with zero attached hydrogens (tertiary/aromatic N) is 1. The maximum absolute atomic E-state index is 12.4. The molecule has 98 valence electrons. The van der Waals surface area contributed by atoms with Crippen LogP contribution in [0.15, 0.2) is 0 Å². The summed E-state index contributed by atoms with van der Waals surface area (Å²) in [4.78, 5) is 14.5. The smallest absolute Gasteiger partial charge is 0.228 e. The van der Waals surface area contributed by atoms with Gasteiger partial charge in [-0.3, -0.25) is 4.79 Å². The molecule has 3 unspecified atom stereocenters. The first kappa shape index (κ1) is 12.8. The third-order valence-electron chi connectivity index (χ3n) is 4.07. The van der Waals surface area contributed by atoms with E-state index in [0.717, 1.165) is 39.0 Å². The van der Waals surface area contributed by atoms with E-state index >= 15 is 0 Å². The summed E-state index contributed by atoms with van der Waals surface area (Å²) in [6, 6.07) is 0.468. The molecule has 4 heteroatoms. The van der Waals surface area contributed by atoms with E-state index in [-0.39, 0.29) is 12.0 Å². The average Bonchev–Trinajstić information content (AvgIpc) is 2.86. The predicted octanol–water partition coefficient (Wildman–Crippen LogP) is 1.01. The third-order valence-corrected chi connectivity index (χ3v) is 4.07. The molecule has 2 saturated heterocycles. The molecule has 0 saturated carbocycles. The lowest BCUT2D eigenvalue weighted by molar-refractivity contribution is -0.138.